The summed E-state index contributed by atoms with van der Waals surface area (Å²) >= 11 is 1.39. The van der Waals surface area contributed by atoms with Crippen molar-refractivity contribution in [2.45, 2.75) is 13.3 Å². The molecular weight excluding hydrogens is 316 g/mol. The zero-order chi connectivity index (χ0) is 16.2. The zero-order valence-corrected chi connectivity index (χ0v) is 13.4. The molecule has 0 atom stereocenters. The molecule has 3 rings (SSSR count). The third-order valence-electron chi connectivity index (χ3n) is 3.01. The first-order valence-electron chi connectivity index (χ1n) is 6.90. The molecule has 0 saturated carbocycles. The van der Waals surface area contributed by atoms with E-state index in [9.17, 15) is 5.11 Å². The van der Waals surface area contributed by atoms with Crippen LogP contribution in [0.3, 0.4) is 0 Å². The van der Waals surface area contributed by atoms with E-state index in [1.165, 1.54) is 17.6 Å². The monoisotopic (exact) mass is 330 g/mol. The van der Waals surface area contributed by atoms with Crippen molar-refractivity contribution >= 4 is 22.7 Å². The van der Waals surface area contributed by atoms with Crippen molar-refractivity contribution in [2.75, 3.05) is 7.11 Å². The Morgan fingerprint density at radius 3 is 3.00 bits per heavy atom. The number of aromatic hydroxyl groups is 1. The summed E-state index contributed by atoms with van der Waals surface area (Å²) in [5.74, 6) is 0.664. The standard InChI is InChI=1S/C15H14N4O3S/c1-3-12-18-19-15(23-12)16-8-11-14(20)22-13(17-11)9-5-4-6-10(7-9)21-2/h4-8,20H,3H2,1-2H3. The Morgan fingerprint density at radius 1 is 1.39 bits per heavy atom. The normalized spacial score (nSPS) is 11.2. The summed E-state index contributed by atoms with van der Waals surface area (Å²) in [5.41, 5.74) is 0.930. The molecule has 8 heteroatoms. The maximum absolute atomic E-state index is 9.86. The van der Waals surface area contributed by atoms with Crippen molar-refractivity contribution in [3.05, 3.63) is 35.0 Å². The lowest BCUT2D eigenvalue weighted by Gasteiger charge is -2.00. The topological polar surface area (TPSA) is 93.6 Å². The second kappa shape index (κ2) is 6.57. The van der Waals surface area contributed by atoms with Crippen molar-refractivity contribution in [3.63, 3.8) is 0 Å². The quantitative estimate of drug-likeness (QED) is 0.722. The maximum Gasteiger partial charge on any atom is 0.312 e. The smallest absolute Gasteiger partial charge is 0.312 e. The number of hydrogen-bond donors (Lipinski definition) is 1. The second-order valence-electron chi connectivity index (χ2n) is 4.53. The summed E-state index contributed by atoms with van der Waals surface area (Å²) in [5, 5.41) is 19.2. The molecule has 0 aliphatic carbocycles. The van der Waals surface area contributed by atoms with Gasteiger partial charge in [-0.25, -0.2) is 9.98 Å². The molecule has 118 valence electrons. The highest BCUT2D eigenvalue weighted by atomic mass is 32.1. The third-order valence-corrected chi connectivity index (χ3v) is 3.98. The average molecular weight is 330 g/mol. The van der Waals surface area contributed by atoms with Gasteiger partial charge in [0.25, 0.3) is 0 Å². The zero-order valence-electron chi connectivity index (χ0n) is 12.6. The fourth-order valence-electron chi connectivity index (χ4n) is 1.84. The Labute approximate surface area is 136 Å². The highest BCUT2D eigenvalue weighted by molar-refractivity contribution is 7.14. The number of benzene rings is 1. The molecule has 23 heavy (non-hydrogen) atoms. The van der Waals surface area contributed by atoms with Gasteiger partial charge in [-0.3, -0.25) is 0 Å². The molecule has 0 spiro atoms. The molecule has 7 nitrogen and oxygen atoms in total. The molecule has 2 aromatic heterocycles. The van der Waals surface area contributed by atoms with E-state index in [1.54, 1.807) is 13.2 Å². The molecule has 3 aromatic rings. The minimum absolute atomic E-state index is 0.232. The van der Waals surface area contributed by atoms with Gasteiger partial charge in [0.15, 0.2) is 5.69 Å². The van der Waals surface area contributed by atoms with Gasteiger partial charge in [-0.2, -0.15) is 0 Å². The summed E-state index contributed by atoms with van der Waals surface area (Å²) in [6.07, 6.45) is 2.21. The van der Waals surface area contributed by atoms with Crippen molar-refractivity contribution in [2.24, 2.45) is 4.99 Å². The molecule has 0 radical (unpaired) electrons. The van der Waals surface area contributed by atoms with Crippen LogP contribution in [0.25, 0.3) is 11.5 Å². The number of rotatable bonds is 5. The van der Waals surface area contributed by atoms with E-state index < -0.39 is 0 Å². The van der Waals surface area contributed by atoms with E-state index in [-0.39, 0.29) is 17.5 Å². The summed E-state index contributed by atoms with van der Waals surface area (Å²) in [4.78, 5) is 8.39. The van der Waals surface area contributed by atoms with Crippen molar-refractivity contribution < 1.29 is 14.3 Å². The van der Waals surface area contributed by atoms with Crippen LogP contribution in [0.2, 0.25) is 0 Å². The van der Waals surface area contributed by atoms with Crippen LogP contribution in [0.1, 0.15) is 17.6 Å². The van der Waals surface area contributed by atoms with E-state index in [0.29, 0.717) is 16.4 Å². The van der Waals surface area contributed by atoms with Crippen LogP contribution >= 0.6 is 11.3 Å². The molecule has 0 saturated heterocycles. The lowest BCUT2D eigenvalue weighted by Crippen LogP contribution is -1.85. The van der Waals surface area contributed by atoms with Gasteiger partial charge in [-0.15, -0.1) is 10.2 Å². The van der Waals surface area contributed by atoms with Gasteiger partial charge < -0.3 is 14.3 Å². The van der Waals surface area contributed by atoms with Crippen LogP contribution < -0.4 is 4.74 Å². The Kier molecular flexibility index (Phi) is 4.33. The number of hydrogen-bond acceptors (Lipinski definition) is 8. The Bertz CT molecular complexity index is 841. The van der Waals surface area contributed by atoms with Crippen LogP contribution in [0, 0.1) is 0 Å². The molecule has 0 bridgehead atoms. The van der Waals surface area contributed by atoms with E-state index >= 15 is 0 Å². The van der Waals surface area contributed by atoms with E-state index in [4.69, 9.17) is 9.15 Å². The highest BCUT2D eigenvalue weighted by Gasteiger charge is 2.13. The minimum atomic E-state index is -0.299. The molecule has 0 aliphatic heterocycles. The van der Waals surface area contributed by atoms with Gasteiger partial charge in [0.1, 0.15) is 10.8 Å². The van der Waals surface area contributed by atoms with E-state index in [2.05, 4.69) is 20.2 Å². The summed E-state index contributed by atoms with van der Waals surface area (Å²) in [6.45, 7) is 2.00. The van der Waals surface area contributed by atoms with Crippen molar-refractivity contribution in [1.29, 1.82) is 0 Å². The lowest BCUT2D eigenvalue weighted by atomic mass is 10.2. The Hall–Kier alpha value is -2.74. The molecule has 0 unspecified atom stereocenters. The summed E-state index contributed by atoms with van der Waals surface area (Å²) < 4.78 is 10.4. The Balaban J connectivity index is 1.85. The first-order chi connectivity index (χ1) is 11.2. The van der Waals surface area contributed by atoms with Crippen LogP contribution in [-0.4, -0.2) is 33.6 Å². The summed E-state index contributed by atoms with van der Waals surface area (Å²) in [6, 6.07) is 7.21. The minimum Gasteiger partial charge on any atom is -0.497 e. The first-order valence-corrected chi connectivity index (χ1v) is 7.72. The number of nitrogens with zero attached hydrogens (tertiary/aromatic N) is 4. The fourth-order valence-corrected chi connectivity index (χ4v) is 2.47. The average Bonchev–Trinajstić information content (AvgIpc) is 3.19. The van der Waals surface area contributed by atoms with Crippen LogP contribution in [0.4, 0.5) is 5.13 Å². The maximum atomic E-state index is 9.86. The number of oxazole rings is 1. The van der Waals surface area contributed by atoms with Gasteiger partial charge in [0.05, 0.1) is 13.3 Å². The molecule has 1 aromatic carbocycles. The van der Waals surface area contributed by atoms with Crippen LogP contribution in [0.15, 0.2) is 33.7 Å². The lowest BCUT2D eigenvalue weighted by molar-refractivity contribution is 0.336. The van der Waals surface area contributed by atoms with Gasteiger partial charge >= 0.3 is 5.95 Å². The van der Waals surface area contributed by atoms with E-state index in [1.807, 2.05) is 25.1 Å². The molecule has 0 fully saturated rings. The van der Waals surface area contributed by atoms with Crippen LogP contribution in [0.5, 0.6) is 11.7 Å². The molecule has 0 aliphatic rings. The molecule has 1 N–H and O–H groups in total. The van der Waals surface area contributed by atoms with Gasteiger partial charge in [-0.1, -0.05) is 24.3 Å². The van der Waals surface area contributed by atoms with E-state index in [0.717, 1.165) is 11.4 Å². The predicted molar refractivity (Wildman–Crippen MR) is 86.7 cm³/mol. The first kappa shape index (κ1) is 15.2. The predicted octanol–water partition coefficient (Wildman–Crippen LogP) is 3.22. The number of aromatic nitrogens is 3. The number of aryl methyl sites for hydroxylation is 1. The van der Waals surface area contributed by atoms with Gasteiger partial charge in [0.2, 0.25) is 11.0 Å². The third kappa shape index (κ3) is 3.37. The van der Waals surface area contributed by atoms with Crippen molar-refractivity contribution in [1.82, 2.24) is 15.2 Å². The molecule has 2 heterocycles. The second-order valence-corrected chi connectivity index (χ2v) is 5.57. The molecule has 0 amide bonds. The van der Waals surface area contributed by atoms with Gasteiger partial charge in [-0.05, 0) is 24.6 Å². The van der Waals surface area contributed by atoms with Crippen LogP contribution in [-0.2, 0) is 6.42 Å². The SMILES string of the molecule is CCc1nnc(N=Cc2nc(-c3cccc(OC)c3)oc2O)s1. The molecular formula is C15H14N4O3S. The number of aliphatic imine (C=N–C) groups is 1. The fraction of sp³-hybridized carbons (Fsp3) is 0.200. The highest BCUT2D eigenvalue weighted by Crippen LogP contribution is 2.28. The number of ether oxygens (including phenoxy) is 1. The largest absolute Gasteiger partial charge is 0.497 e. The van der Waals surface area contributed by atoms with Crippen molar-refractivity contribution in [3.8, 4) is 23.1 Å². The van der Waals surface area contributed by atoms with Gasteiger partial charge in [0, 0.05) is 5.56 Å². The number of methoxy groups -OCH3 is 1. The summed E-state index contributed by atoms with van der Waals surface area (Å²) in [7, 11) is 1.58. The Morgan fingerprint density at radius 2 is 2.26 bits per heavy atom.